The van der Waals surface area contributed by atoms with E-state index in [-0.39, 0.29) is 48.6 Å². The summed E-state index contributed by atoms with van der Waals surface area (Å²) < 4.78 is 29.3. The van der Waals surface area contributed by atoms with Gasteiger partial charge in [-0.25, -0.2) is 4.79 Å². The van der Waals surface area contributed by atoms with E-state index in [1.165, 1.54) is 11.6 Å². The third kappa shape index (κ3) is 5.38. The number of allylic oxidation sites excluding steroid dienone is 1. The predicted octanol–water partition coefficient (Wildman–Crippen LogP) is 3.69. The SMILES string of the molecule is CO[C@@H]1[C@H](OC(=O)/C=C/c2ccc(OCCO)cc2)CC[C@]2(CO2)[C@H]1[C@]1(C)O[C@H]1CC=C(C)C. The van der Waals surface area contributed by atoms with Gasteiger partial charge in [-0.1, -0.05) is 23.8 Å². The number of rotatable bonds is 10. The van der Waals surface area contributed by atoms with E-state index < -0.39 is 5.97 Å². The molecule has 2 saturated heterocycles. The van der Waals surface area contributed by atoms with E-state index in [0.717, 1.165) is 18.4 Å². The highest BCUT2D eigenvalue weighted by Gasteiger charge is 2.72. The summed E-state index contributed by atoms with van der Waals surface area (Å²) in [5, 5.41) is 8.84. The van der Waals surface area contributed by atoms with Gasteiger partial charge >= 0.3 is 5.97 Å². The highest BCUT2D eigenvalue weighted by Crippen LogP contribution is 2.59. The number of methoxy groups -OCH3 is 1. The summed E-state index contributed by atoms with van der Waals surface area (Å²) in [5.41, 5.74) is 1.52. The smallest absolute Gasteiger partial charge is 0.331 e. The van der Waals surface area contributed by atoms with Crippen LogP contribution in [0.5, 0.6) is 5.75 Å². The van der Waals surface area contributed by atoms with Crippen molar-refractivity contribution in [3.8, 4) is 5.75 Å². The zero-order valence-electron chi connectivity index (χ0n) is 20.5. The standard InChI is InChI=1S/C27H36O7/c1-18(2)5-11-22-26(3,34-22)25-24(30-4)21(13-14-27(25)17-32-27)33-23(29)12-8-19-6-9-20(10-7-19)31-16-15-28/h5-10,12,21-22,24-25,28H,11,13-17H2,1-4H3/b12-8+/t21-,22+,24-,25-,26-,27+/m1/s1. The number of hydrogen-bond donors (Lipinski definition) is 1. The van der Waals surface area contributed by atoms with Crippen molar-refractivity contribution in [2.24, 2.45) is 5.92 Å². The molecule has 186 valence electrons. The second-order valence-corrected chi connectivity index (χ2v) is 9.83. The maximum absolute atomic E-state index is 12.7. The maximum atomic E-state index is 12.7. The molecular weight excluding hydrogens is 436 g/mol. The van der Waals surface area contributed by atoms with Crippen LogP contribution in [0.1, 0.15) is 45.6 Å². The van der Waals surface area contributed by atoms with Crippen molar-refractivity contribution in [1.29, 1.82) is 0 Å². The molecule has 0 bridgehead atoms. The Morgan fingerprint density at radius 3 is 2.62 bits per heavy atom. The molecule has 4 rings (SSSR count). The lowest BCUT2D eigenvalue weighted by molar-refractivity contribution is -0.166. The van der Waals surface area contributed by atoms with Gasteiger partial charge in [-0.05, 0) is 63.8 Å². The zero-order valence-corrected chi connectivity index (χ0v) is 20.5. The molecule has 2 heterocycles. The van der Waals surface area contributed by atoms with Crippen molar-refractivity contribution in [3.63, 3.8) is 0 Å². The van der Waals surface area contributed by atoms with Gasteiger partial charge in [0.05, 0.1) is 25.2 Å². The van der Waals surface area contributed by atoms with Crippen molar-refractivity contribution in [2.75, 3.05) is 26.9 Å². The molecule has 3 fully saturated rings. The average Bonchev–Trinajstić information content (AvgIpc) is 3.74. The van der Waals surface area contributed by atoms with Gasteiger partial charge in [0.15, 0.2) is 0 Å². The van der Waals surface area contributed by atoms with Crippen LogP contribution in [-0.4, -0.2) is 67.5 Å². The van der Waals surface area contributed by atoms with Gasteiger partial charge in [-0.15, -0.1) is 0 Å². The number of carbonyl (C=O) groups excluding carboxylic acids is 1. The Hall–Kier alpha value is -2.19. The molecular formula is C27H36O7. The Labute approximate surface area is 201 Å². The van der Waals surface area contributed by atoms with Crippen LogP contribution in [0, 0.1) is 5.92 Å². The quantitative estimate of drug-likeness (QED) is 0.240. The van der Waals surface area contributed by atoms with Crippen LogP contribution in [0.15, 0.2) is 42.0 Å². The van der Waals surface area contributed by atoms with E-state index in [0.29, 0.717) is 18.8 Å². The van der Waals surface area contributed by atoms with Crippen LogP contribution in [0.3, 0.4) is 0 Å². The lowest BCUT2D eigenvalue weighted by Crippen LogP contribution is -2.55. The van der Waals surface area contributed by atoms with Crippen LogP contribution in [0.4, 0.5) is 0 Å². The summed E-state index contributed by atoms with van der Waals surface area (Å²) in [7, 11) is 1.67. The summed E-state index contributed by atoms with van der Waals surface area (Å²) in [4.78, 5) is 12.7. The molecule has 1 saturated carbocycles. The lowest BCUT2D eigenvalue weighted by Gasteiger charge is -2.42. The first-order chi connectivity index (χ1) is 16.3. The number of aliphatic hydroxyl groups is 1. The second-order valence-electron chi connectivity index (χ2n) is 9.83. The first-order valence-electron chi connectivity index (χ1n) is 12.0. The molecule has 3 aliphatic rings. The van der Waals surface area contributed by atoms with Crippen LogP contribution < -0.4 is 4.74 Å². The van der Waals surface area contributed by atoms with E-state index in [4.69, 9.17) is 28.8 Å². The van der Waals surface area contributed by atoms with Gasteiger partial charge in [-0.3, -0.25) is 0 Å². The Morgan fingerprint density at radius 2 is 2.00 bits per heavy atom. The van der Waals surface area contributed by atoms with Crippen LogP contribution in [0.2, 0.25) is 0 Å². The number of epoxide rings is 2. The topological polar surface area (TPSA) is 90.1 Å². The van der Waals surface area contributed by atoms with Gasteiger partial charge in [0.2, 0.25) is 0 Å². The second kappa shape index (κ2) is 10.2. The number of ether oxygens (including phenoxy) is 5. The Kier molecular flexibility index (Phi) is 7.48. The van der Waals surface area contributed by atoms with E-state index in [9.17, 15) is 4.79 Å². The number of esters is 1. The molecule has 7 nitrogen and oxygen atoms in total. The van der Waals surface area contributed by atoms with Crippen LogP contribution in [0.25, 0.3) is 6.08 Å². The van der Waals surface area contributed by atoms with Gasteiger partial charge < -0.3 is 28.8 Å². The van der Waals surface area contributed by atoms with E-state index in [1.807, 2.05) is 12.1 Å². The van der Waals surface area contributed by atoms with Crippen LogP contribution in [-0.2, 0) is 23.7 Å². The lowest BCUT2D eigenvalue weighted by atomic mass is 9.68. The number of carbonyl (C=O) groups is 1. The van der Waals surface area contributed by atoms with Crippen molar-refractivity contribution < 1.29 is 33.6 Å². The molecule has 1 spiro atoms. The highest BCUT2D eigenvalue weighted by atomic mass is 16.6. The highest BCUT2D eigenvalue weighted by molar-refractivity contribution is 5.87. The molecule has 1 aromatic rings. The number of hydrogen-bond acceptors (Lipinski definition) is 7. The molecule has 0 amide bonds. The minimum Gasteiger partial charge on any atom is -0.491 e. The summed E-state index contributed by atoms with van der Waals surface area (Å²) in [6.07, 6.45) is 7.20. The van der Waals surface area contributed by atoms with Gasteiger partial charge in [0.1, 0.15) is 35.8 Å². The summed E-state index contributed by atoms with van der Waals surface area (Å²) in [5.74, 6) is 0.268. The fraction of sp³-hybridized carbons (Fsp3) is 0.593. The van der Waals surface area contributed by atoms with E-state index in [1.54, 1.807) is 25.3 Å². The van der Waals surface area contributed by atoms with Crippen LogP contribution >= 0.6 is 0 Å². The maximum Gasteiger partial charge on any atom is 0.331 e. The zero-order chi connectivity index (χ0) is 24.3. The molecule has 6 atom stereocenters. The number of benzene rings is 1. The fourth-order valence-electron chi connectivity index (χ4n) is 5.26. The number of aliphatic hydroxyl groups excluding tert-OH is 1. The molecule has 7 heteroatoms. The first kappa shape index (κ1) is 24.9. The largest absolute Gasteiger partial charge is 0.491 e. The van der Waals surface area contributed by atoms with Gasteiger partial charge in [0.25, 0.3) is 0 Å². The normalized spacial score (nSPS) is 34.1. The molecule has 0 unspecified atom stereocenters. The van der Waals surface area contributed by atoms with Crippen molar-refractivity contribution in [2.45, 2.75) is 69.5 Å². The summed E-state index contributed by atoms with van der Waals surface area (Å²) in [6.45, 7) is 7.22. The Morgan fingerprint density at radius 1 is 1.26 bits per heavy atom. The fourth-order valence-corrected chi connectivity index (χ4v) is 5.26. The third-order valence-corrected chi connectivity index (χ3v) is 7.16. The molecule has 34 heavy (non-hydrogen) atoms. The molecule has 1 aliphatic carbocycles. The van der Waals surface area contributed by atoms with Gasteiger partial charge in [0, 0.05) is 13.2 Å². The monoisotopic (exact) mass is 472 g/mol. The molecule has 0 radical (unpaired) electrons. The van der Waals surface area contributed by atoms with E-state index in [2.05, 4.69) is 26.8 Å². The molecule has 0 aromatic heterocycles. The van der Waals surface area contributed by atoms with Gasteiger partial charge in [-0.2, -0.15) is 0 Å². The van der Waals surface area contributed by atoms with Crippen molar-refractivity contribution in [1.82, 2.24) is 0 Å². The minimum absolute atomic E-state index is 0.00237. The summed E-state index contributed by atoms with van der Waals surface area (Å²) in [6, 6.07) is 7.28. The molecule has 2 aliphatic heterocycles. The predicted molar refractivity (Wildman–Crippen MR) is 127 cm³/mol. The molecule has 1 aromatic carbocycles. The Balaban J connectivity index is 1.39. The Bertz CT molecular complexity index is 913. The van der Waals surface area contributed by atoms with E-state index >= 15 is 0 Å². The van der Waals surface area contributed by atoms with Crippen molar-refractivity contribution >= 4 is 12.0 Å². The first-order valence-corrected chi connectivity index (χ1v) is 12.0. The minimum atomic E-state index is -0.401. The van der Waals surface area contributed by atoms with Crippen molar-refractivity contribution in [3.05, 3.63) is 47.6 Å². The molecule has 1 N–H and O–H groups in total. The summed E-state index contributed by atoms with van der Waals surface area (Å²) >= 11 is 0. The average molecular weight is 473 g/mol. The third-order valence-electron chi connectivity index (χ3n) is 7.16.